The number of benzene rings is 3. The molecule has 2 amide bonds. The number of Topliss-reactive ketones (excluding diaryl/α,β-unsaturated/α-hetero) is 1. The van der Waals surface area contributed by atoms with E-state index in [4.69, 9.17) is 51.1 Å². The van der Waals surface area contributed by atoms with Crippen molar-refractivity contribution >= 4 is 75.6 Å². The average molecular weight is 640 g/mol. The predicted octanol–water partition coefficient (Wildman–Crippen LogP) is 8.74. The molecule has 1 saturated carbocycles. The van der Waals surface area contributed by atoms with E-state index in [9.17, 15) is 18.8 Å². The Labute approximate surface area is 257 Å². The SMILES string of the molecule is Cc1cc(NC(=O)OC(C)(C)C)ccc1CC(=O)c1cc(NC(=O)C2C(c3ccc(F)c(Cl)c3)C2(Cl)Cl)ccc1Cl. The van der Waals surface area contributed by atoms with E-state index in [2.05, 4.69) is 10.6 Å². The second-order valence-electron chi connectivity index (χ2n) is 10.9. The van der Waals surface area contributed by atoms with Crippen LogP contribution in [0, 0.1) is 18.7 Å². The van der Waals surface area contributed by atoms with Gasteiger partial charge >= 0.3 is 6.09 Å². The fraction of sp³-hybridized carbons (Fsp3) is 0.300. The van der Waals surface area contributed by atoms with Gasteiger partial charge in [-0.15, -0.1) is 23.2 Å². The van der Waals surface area contributed by atoms with E-state index >= 15 is 0 Å². The van der Waals surface area contributed by atoms with Gasteiger partial charge in [0.1, 0.15) is 15.8 Å². The van der Waals surface area contributed by atoms with E-state index in [0.29, 0.717) is 16.9 Å². The third-order valence-electron chi connectivity index (χ3n) is 6.51. The van der Waals surface area contributed by atoms with Crippen LogP contribution in [0.5, 0.6) is 0 Å². The van der Waals surface area contributed by atoms with Crippen molar-refractivity contribution in [3.8, 4) is 0 Å². The van der Waals surface area contributed by atoms with Gasteiger partial charge in [0.15, 0.2) is 5.78 Å². The maximum absolute atomic E-state index is 13.6. The van der Waals surface area contributed by atoms with Crippen LogP contribution in [0.1, 0.15) is 53.7 Å². The van der Waals surface area contributed by atoms with Crippen LogP contribution < -0.4 is 10.6 Å². The smallest absolute Gasteiger partial charge is 0.412 e. The standard InChI is InChI=1S/C30H27Cl4FN2O4/c1-15-11-18(37-28(40)41-29(2,3)4)7-5-16(15)13-24(38)20-14-19(8-9-21(20)31)36-27(39)26-25(30(26,33)34)17-6-10-23(35)22(32)12-17/h5-12,14,25-26H,13H2,1-4H3,(H,36,39)(H,37,40). The summed E-state index contributed by atoms with van der Waals surface area (Å²) in [6, 6.07) is 13.8. The van der Waals surface area contributed by atoms with Gasteiger partial charge < -0.3 is 10.1 Å². The quantitative estimate of drug-likeness (QED) is 0.200. The van der Waals surface area contributed by atoms with Crippen LogP contribution in [0.15, 0.2) is 54.6 Å². The number of aryl methyl sites for hydroxylation is 1. The molecule has 3 aromatic rings. The van der Waals surface area contributed by atoms with Crippen molar-refractivity contribution in [2.45, 2.75) is 50.0 Å². The summed E-state index contributed by atoms with van der Waals surface area (Å²) in [7, 11) is 0. The Balaban J connectivity index is 1.44. The Morgan fingerprint density at radius 2 is 1.59 bits per heavy atom. The van der Waals surface area contributed by atoms with E-state index in [1.807, 2.05) is 6.92 Å². The number of alkyl halides is 2. The number of amides is 2. The molecule has 6 nitrogen and oxygen atoms in total. The zero-order valence-corrected chi connectivity index (χ0v) is 25.6. The number of rotatable bonds is 7. The molecule has 0 saturated heterocycles. The van der Waals surface area contributed by atoms with Gasteiger partial charge in [-0.05, 0) is 86.8 Å². The molecule has 2 N–H and O–H groups in total. The lowest BCUT2D eigenvalue weighted by atomic mass is 9.98. The van der Waals surface area contributed by atoms with Gasteiger partial charge in [0.05, 0.1) is 16.0 Å². The minimum absolute atomic E-state index is 0.0398. The molecule has 4 rings (SSSR count). The minimum atomic E-state index is -1.40. The minimum Gasteiger partial charge on any atom is -0.444 e. The summed E-state index contributed by atoms with van der Waals surface area (Å²) in [6.45, 7) is 7.14. The monoisotopic (exact) mass is 638 g/mol. The van der Waals surface area contributed by atoms with Gasteiger partial charge in [0.2, 0.25) is 5.91 Å². The number of halogens is 5. The molecule has 0 spiro atoms. The third-order valence-corrected chi connectivity index (χ3v) is 8.07. The molecule has 1 fully saturated rings. The lowest BCUT2D eigenvalue weighted by Gasteiger charge is -2.20. The Morgan fingerprint density at radius 3 is 2.22 bits per heavy atom. The molecule has 2 unspecified atom stereocenters. The molecule has 3 aromatic carbocycles. The van der Waals surface area contributed by atoms with Gasteiger partial charge in [-0.25, -0.2) is 9.18 Å². The van der Waals surface area contributed by atoms with Crippen molar-refractivity contribution < 1.29 is 23.5 Å². The summed E-state index contributed by atoms with van der Waals surface area (Å²) in [5.74, 6) is -2.74. The van der Waals surface area contributed by atoms with Crippen molar-refractivity contribution in [2.24, 2.45) is 5.92 Å². The fourth-order valence-corrected chi connectivity index (χ4v) is 5.71. The van der Waals surface area contributed by atoms with Gasteiger partial charge in [0.25, 0.3) is 0 Å². The first-order valence-corrected chi connectivity index (χ1v) is 14.1. The molecule has 0 heterocycles. The molecule has 0 bridgehead atoms. The highest BCUT2D eigenvalue weighted by Crippen LogP contribution is 2.65. The average Bonchev–Trinajstić information content (AvgIpc) is 3.44. The van der Waals surface area contributed by atoms with Crippen LogP contribution in [0.2, 0.25) is 10.0 Å². The number of carbonyl (C=O) groups excluding carboxylic acids is 3. The molecule has 1 aliphatic carbocycles. The van der Waals surface area contributed by atoms with E-state index in [-0.39, 0.29) is 27.8 Å². The molecular weight excluding hydrogens is 613 g/mol. The van der Waals surface area contributed by atoms with Crippen LogP contribution in [-0.4, -0.2) is 27.7 Å². The van der Waals surface area contributed by atoms with Gasteiger partial charge in [0, 0.05) is 29.3 Å². The second-order valence-corrected chi connectivity index (χ2v) is 13.1. The fourth-order valence-electron chi connectivity index (χ4n) is 4.47. The summed E-state index contributed by atoms with van der Waals surface area (Å²) >= 11 is 25.0. The number of anilines is 2. The molecule has 0 aliphatic heterocycles. The predicted molar refractivity (Wildman–Crippen MR) is 161 cm³/mol. The Morgan fingerprint density at radius 1 is 0.927 bits per heavy atom. The highest BCUT2D eigenvalue weighted by atomic mass is 35.5. The van der Waals surface area contributed by atoms with Gasteiger partial charge in [-0.2, -0.15) is 0 Å². The molecule has 11 heteroatoms. The molecule has 41 heavy (non-hydrogen) atoms. The highest BCUT2D eigenvalue weighted by molar-refractivity contribution is 6.53. The second kappa shape index (κ2) is 11.8. The number of ketones is 1. The van der Waals surface area contributed by atoms with E-state index in [1.54, 1.807) is 45.0 Å². The van der Waals surface area contributed by atoms with Crippen molar-refractivity contribution in [1.82, 2.24) is 0 Å². The molecule has 1 aliphatic rings. The van der Waals surface area contributed by atoms with E-state index in [1.165, 1.54) is 30.3 Å². The first-order chi connectivity index (χ1) is 19.1. The van der Waals surface area contributed by atoms with E-state index < -0.39 is 39.6 Å². The number of nitrogens with one attached hydrogen (secondary N) is 2. The Hall–Kier alpha value is -2.84. The molecule has 2 atom stereocenters. The summed E-state index contributed by atoms with van der Waals surface area (Å²) in [4.78, 5) is 38.4. The van der Waals surface area contributed by atoms with E-state index in [0.717, 1.165) is 11.1 Å². The largest absolute Gasteiger partial charge is 0.444 e. The Kier molecular flexibility index (Phi) is 8.95. The highest BCUT2D eigenvalue weighted by Gasteiger charge is 2.67. The summed E-state index contributed by atoms with van der Waals surface area (Å²) in [6.07, 6.45) is -0.538. The van der Waals surface area contributed by atoms with Crippen LogP contribution >= 0.6 is 46.4 Å². The maximum Gasteiger partial charge on any atom is 0.412 e. The maximum atomic E-state index is 13.6. The number of hydrogen-bond donors (Lipinski definition) is 2. The molecule has 0 radical (unpaired) electrons. The van der Waals surface area contributed by atoms with Crippen molar-refractivity contribution in [1.29, 1.82) is 0 Å². The number of hydrogen-bond acceptors (Lipinski definition) is 4. The first kappa shape index (κ1) is 31.1. The number of ether oxygens (including phenoxy) is 1. The zero-order chi connectivity index (χ0) is 30.3. The first-order valence-electron chi connectivity index (χ1n) is 12.6. The van der Waals surface area contributed by atoms with Crippen molar-refractivity contribution in [2.75, 3.05) is 10.6 Å². The van der Waals surface area contributed by atoms with Crippen LogP contribution in [0.4, 0.5) is 20.6 Å². The van der Waals surface area contributed by atoms with Gasteiger partial charge in [-0.3, -0.25) is 14.9 Å². The molecule has 216 valence electrons. The van der Waals surface area contributed by atoms with Crippen LogP contribution in [-0.2, 0) is 16.0 Å². The summed E-state index contributed by atoms with van der Waals surface area (Å²) in [5, 5.41) is 5.55. The van der Waals surface area contributed by atoms with Crippen LogP contribution in [0.3, 0.4) is 0 Å². The van der Waals surface area contributed by atoms with Crippen molar-refractivity contribution in [3.63, 3.8) is 0 Å². The zero-order valence-electron chi connectivity index (χ0n) is 22.6. The lowest BCUT2D eigenvalue weighted by Crippen LogP contribution is -2.27. The lowest BCUT2D eigenvalue weighted by molar-refractivity contribution is -0.117. The van der Waals surface area contributed by atoms with Crippen molar-refractivity contribution in [3.05, 3.63) is 92.7 Å². The van der Waals surface area contributed by atoms with Crippen LogP contribution in [0.25, 0.3) is 0 Å². The van der Waals surface area contributed by atoms with Gasteiger partial charge in [-0.1, -0.05) is 35.3 Å². The normalized spacial score (nSPS) is 17.5. The third kappa shape index (κ3) is 7.33. The summed E-state index contributed by atoms with van der Waals surface area (Å²) < 4.78 is 17.5. The molecular formula is C30H27Cl4FN2O4. The topological polar surface area (TPSA) is 84.5 Å². The summed E-state index contributed by atoms with van der Waals surface area (Å²) in [5.41, 5.74) is 2.52. The number of carbonyl (C=O) groups is 3. The molecule has 0 aromatic heterocycles. The Bertz CT molecular complexity index is 1540.